The van der Waals surface area contributed by atoms with Crippen LogP contribution >= 0.6 is 0 Å². The molecule has 0 unspecified atom stereocenters. The second kappa shape index (κ2) is 7.09. The molecule has 0 amide bonds. The molecule has 0 aliphatic rings. The molecule has 0 atom stereocenters. The van der Waals surface area contributed by atoms with Crippen molar-refractivity contribution in [2.75, 3.05) is 18.9 Å². The predicted molar refractivity (Wildman–Crippen MR) is 92.6 cm³/mol. The molecule has 1 aromatic heterocycles. The molecule has 25 heavy (non-hydrogen) atoms. The first-order valence-corrected chi connectivity index (χ1v) is 7.81. The number of fused-ring (bicyclic) bond motifs is 1. The fourth-order valence-electron chi connectivity index (χ4n) is 2.45. The molecule has 6 nitrogen and oxygen atoms in total. The molecule has 0 aliphatic heterocycles. The number of para-hydroxylation sites is 1. The number of carbonyl (C=O) groups is 2. The molecule has 128 valence electrons. The van der Waals surface area contributed by atoms with Crippen molar-refractivity contribution >= 4 is 28.4 Å². The Bertz CT molecular complexity index is 914. The van der Waals surface area contributed by atoms with Gasteiger partial charge in [-0.1, -0.05) is 36.4 Å². The molecule has 6 heteroatoms. The Morgan fingerprint density at radius 1 is 1.08 bits per heavy atom. The van der Waals surface area contributed by atoms with Crippen molar-refractivity contribution in [3.8, 4) is 5.75 Å². The summed E-state index contributed by atoms with van der Waals surface area (Å²) in [5.74, 6) is -0.428. The van der Waals surface area contributed by atoms with E-state index < -0.39 is 5.97 Å². The topological polar surface area (TPSA) is 91.8 Å². The summed E-state index contributed by atoms with van der Waals surface area (Å²) in [5.41, 5.74) is 7.13. The summed E-state index contributed by atoms with van der Waals surface area (Å²) < 4.78 is 16.0. The van der Waals surface area contributed by atoms with Gasteiger partial charge >= 0.3 is 5.97 Å². The lowest BCUT2D eigenvalue weighted by molar-refractivity contribution is -0.145. The Hall–Kier alpha value is -3.28. The fraction of sp³-hybridized carbons (Fsp3) is 0.158. The number of ketones is 1. The summed E-state index contributed by atoms with van der Waals surface area (Å²) in [6, 6.07) is 13.8. The zero-order valence-corrected chi connectivity index (χ0v) is 13.7. The van der Waals surface area contributed by atoms with Crippen LogP contribution in [0.1, 0.15) is 23.0 Å². The van der Waals surface area contributed by atoms with Crippen LogP contribution in [0.15, 0.2) is 52.9 Å². The smallest absolute Gasteiger partial charge is 0.344 e. The lowest BCUT2D eigenvalue weighted by atomic mass is 10.1. The molecule has 0 saturated carbocycles. The number of anilines is 1. The maximum Gasteiger partial charge on any atom is 0.344 e. The highest BCUT2D eigenvalue weighted by molar-refractivity contribution is 6.14. The van der Waals surface area contributed by atoms with Crippen molar-refractivity contribution < 1.29 is 23.5 Å². The number of ether oxygens (including phenoxy) is 2. The van der Waals surface area contributed by atoms with Gasteiger partial charge in [0.15, 0.2) is 23.7 Å². The van der Waals surface area contributed by atoms with E-state index in [1.807, 2.05) is 6.07 Å². The van der Waals surface area contributed by atoms with Crippen LogP contribution in [0.4, 0.5) is 5.69 Å². The molecule has 0 aliphatic carbocycles. The summed E-state index contributed by atoms with van der Waals surface area (Å²) in [5, 5.41) is 0.556. The highest BCUT2D eigenvalue weighted by atomic mass is 16.6. The van der Waals surface area contributed by atoms with Crippen molar-refractivity contribution in [3.05, 3.63) is 59.9 Å². The van der Waals surface area contributed by atoms with E-state index in [-0.39, 0.29) is 30.4 Å². The third-order valence-corrected chi connectivity index (χ3v) is 3.61. The van der Waals surface area contributed by atoms with Gasteiger partial charge < -0.3 is 19.6 Å². The molecular weight excluding hydrogens is 322 g/mol. The first kappa shape index (κ1) is 16.6. The summed E-state index contributed by atoms with van der Waals surface area (Å²) in [4.78, 5) is 24.1. The second-order valence-corrected chi connectivity index (χ2v) is 5.27. The number of rotatable bonds is 6. The van der Waals surface area contributed by atoms with Crippen molar-refractivity contribution in [2.24, 2.45) is 0 Å². The van der Waals surface area contributed by atoms with E-state index >= 15 is 0 Å². The minimum Gasteiger partial charge on any atom is -0.478 e. The van der Waals surface area contributed by atoms with Gasteiger partial charge in [-0.15, -0.1) is 0 Å². The maximum atomic E-state index is 12.6. The zero-order valence-electron chi connectivity index (χ0n) is 13.7. The zero-order chi connectivity index (χ0) is 17.8. The van der Waals surface area contributed by atoms with Crippen LogP contribution < -0.4 is 10.5 Å². The standard InChI is InChI=1S/C19H17NO5/c1-2-23-15(21)11-24-14-10-6-9-13-16(20)19(25-18(13)14)17(22)12-7-4-3-5-8-12/h3-10H,2,11,20H2,1H3. The predicted octanol–water partition coefficient (Wildman–Crippen LogP) is 3.19. The number of hydrogen-bond acceptors (Lipinski definition) is 6. The first-order chi connectivity index (χ1) is 12.1. The monoisotopic (exact) mass is 339 g/mol. The minimum atomic E-state index is -0.486. The van der Waals surface area contributed by atoms with Gasteiger partial charge in [0.1, 0.15) is 0 Å². The van der Waals surface area contributed by atoms with Gasteiger partial charge in [-0.3, -0.25) is 4.79 Å². The molecule has 0 radical (unpaired) electrons. The van der Waals surface area contributed by atoms with E-state index in [0.717, 1.165) is 0 Å². The van der Waals surface area contributed by atoms with Crippen LogP contribution in [0, 0.1) is 0 Å². The van der Waals surface area contributed by atoms with E-state index in [1.54, 1.807) is 49.4 Å². The summed E-state index contributed by atoms with van der Waals surface area (Å²) >= 11 is 0. The normalized spacial score (nSPS) is 10.6. The first-order valence-electron chi connectivity index (χ1n) is 7.81. The SMILES string of the molecule is CCOC(=O)COc1cccc2c(N)c(C(=O)c3ccccc3)oc12. The minimum absolute atomic E-state index is 0.0494. The van der Waals surface area contributed by atoms with E-state index in [4.69, 9.17) is 19.6 Å². The molecule has 0 saturated heterocycles. The van der Waals surface area contributed by atoms with Gasteiger partial charge in [0.25, 0.3) is 0 Å². The van der Waals surface area contributed by atoms with Crippen molar-refractivity contribution in [1.29, 1.82) is 0 Å². The highest BCUT2D eigenvalue weighted by Crippen LogP contribution is 2.35. The third kappa shape index (κ3) is 3.33. The molecule has 0 spiro atoms. The summed E-state index contributed by atoms with van der Waals surface area (Å²) in [6.45, 7) is 1.73. The highest BCUT2D eigenvalue weighted by Gasteiger charge is 2.22. The molecular formula is C19H17NO5. The summed E-state index contributed by atoms with van der Waals surface area (Å²) in [7, 11) is 0. The van der Waals surface area contributed by atoms with Crippen LogP contribution in [-0.4, -0.2) is 25.0 Å². The number of esters is 1. The van der Waals surface area contributed by atoms with Crippen LogP contribution in [-0.2, 0) is 9.53 Å². The Kier molecular flexibility index (Phi) is 4.70. The van der Waals surface area contributed by atoms with Crippen molar-refractivity contribution in [3.63, 3.8) is 0 Å². The molecule has 1 heterocycles. The lowest BCUT2D eigenvalue weighted by Gasteiger charge is -2.05. The number of nitrogens with two attached hydrogens (primary N) is 1. The number of benzene rings is 2. The van der Waals surface area contributed by atoms with Gasteiger partial charge in [0.2, 0.25) is 5.78 Å². The van der Waals surface area contributed by atoms with Crippen LogP contribution in [0.25, 0.3) is 11.0 Å². The Morgan fingerprint density at radius 2 is 1.84 bits per heavy atom. The van der Waals surface area contributed by atoms with E-state index in [0.29, 0.717) is 22.3 Å². The fourth-order valence-corrected chi connectivity index (χ4v) is 2.45. The molecule has 0 fully saturated rings. The quantitative estimate of drug-likeness (QED) is 0.548. The maximum absolute atomic E-state index is 12.6. The Morgan fingerprint density at radius 3 is 2.56 bits per heavy atom. The molecule has 3 rings (SSSR count). The third-order valence-electron chi connectivity index (χ3n) is 3.61. The van der Waals surface area contributed by atoms with Crippen molar-refractivity contribution in [2.45, 2.75) is 6.92 Å². The Labute approximate surface area is 144 Å². The number of hydrogen-bond donors (Lipinski definition) is 1. The van der Waals surface area contributed by atoms with Crippen molar-refractivity contribution in [1.82, 2.24) is 0 Å². The average Bonchev–Trinajstić information content (AvgIpc) is 2.98. The molecule has 0 bridgehead atoms. The molecule has 2 aromatic carbocycles. The van der Waals surface area contributed by atoms with Gasteiger partial charge in [0.05, 0.1) is 12.3 Å². The number of nitrogen functional groups attached to an aromatic ring is 1. The van der Waals surface area contributed by atoms with Gasteiger partial charge in [-0.2, -0.15) is 0 Å². The van der Waals surface area contributed by atoms with E-state index in [2.05, 4.69) is 0 Å². The Balaban J connectivity index is 1.95. The van der Waals surface area contributed by atoms with Crippen LogP contribution in [0.5, 0.6) is 5.75 Å². The average molecular weight is 339 g/mol. The van der Waals surface area contributed by atoms with Crippen LogP contribution in [0.3, 0.4) is 0 Å². The number of furan rings is 1. The van der Waals surface area contributed by atoms with E-state index in [9.17, 15) is 9.59 Å². The van der Waals surface area contributed by atoms with Gasteiger partial charge in [-0.25, -0.2) is 4.79 Å². The lowest BCUT2D eigenvalue weighted by Crippen LogP contribution is -2.14. The van der Waals surface area contributed by atoms with E-state index in [1.165, 1.54) is 0 Å². The van der Waals surface area contributed by atoms with Crippen LogP contribution in [0.2, 0.25) is 0 Å². The molecule has 3 aromatic rings. The second-order valence-electron chi connectivity index (χ2n) is 5.27. The van der Waals surface area contributed by atoms with Gasteiger partial charge in [-0.05, 0) is 19.1 Å². The molecule has 2 N–H and O–H groups in total. The largest absolute Gasteiger partial charge is 0.478 e. The summed E-state index contributed by atoms with van der Waals surface area (Å²) in [6.07, 6.45) is 0. The number of carbonyl (C=O) groups excluding carboxylic acids is 2. The van der Waals surface area contributed by atoms with Gasteiger partial charge in [0, 0.05) is 10.9 Å².